The minimum Gasteiger partial charge on any atom is -0.314 e. The zero-order valence-electron chi connectivity index (χ0n) is 11.2. The van der Waals surface area contributed by atoms with Crippen LogP contribution in [0.5, 0.6) is 0 Å². The average Bonchev–Trinajstić information content (AvgIpc) is 2.89. The van der Waals surface area contributed by atoms with Crippen LogP contribution in [0.2, 0.25) is 0 Å². The lowest BCUT2D eigenvalue weighted by Gasteiger charge is -2.26. The summed E-state index contributed by atoms with van der Waals surface area (Å²) < 4.78 is 0. The first-order valence-electron chi connectivity index (χ1n) is 6.76. The first-order valence-corrected chi connectivity index (χ1v) is 7.58. The smallest absolute Gasteiger partial charge is 0.123 e. The van der Waals surface area contributed by atoms with Gasteiger partial charge in [0.2, 0.25) is 0 Å². The highest BCUT2D eigenvalue weighted by Crippen LogP contribution is 2.26. The molecule has 1 aromatic carbocycles. The fraction of sp³-hybridized carbons (Fsp3) is 0.400. The minimum absolute atomic E-state index is 1.03. The molecule has 1 fully saturated rings. The number of benzene rings is 1. The van der Waals surface area contributed by atoms with Crippen molar-refractivity contribution in [2.24, 2.45) is 0 Å². The van der Waals surface area contributed by atoms with Crippen molar-refractivity contribution in [3.8, 4) is 10.6 Å². The molecular weight excluding hydrogens is 254 g/mol. The second-order valence-electron chi connectivity index (χ2n) is 5.02. The molecule has 0 saturated carbocycles. The average molecular weight is 273 g/mol. The number of aromatic nitrogens is 1. The number of rotatable bonds is 3. The highest BCUT2D eigenvalue weighted by molar-refractivity contribution is 7.15. The molecule has 3 nitrogen and oxygen atoms in total. The molecule has 2 heterocycles. The van der Waals surface area contributed by atoms with Gasteiger partial charge in [0.1, 0.15) is 5.01 Å². The molecule has 1 saturated heterocycles. The van der Waals surface area contributed by atoms with Gasteiger partial charge in [-0.25, -0.2) is 4.98 Å². The summed E-state index contributed by atoms with van der Waals surface area (Å²) in [7, 11) is 0. The van der Waals surface area contributed by atoms with Gasteiger partial charge in [0.25, 0.3) is 0 Å². The summed E-state index contributed by atoms with van der Waals surface area (Å²) in [6.45, 7) is 7.62. The van der Waals surface area contributed by atoms with Crippen LogP contribution >= 0.6 is 11.3 Å². The van der Waals surface area contributed by atoms with Gasteiger partial charge in [0.05, 0.1) is 0 Å². The molecule has 0 bridgehead atoms. The van der Waals surface area contributed by atoms with E-state index in [0.29, 0.717) is 0 Å². The Kier molecular flexibility index (Phi) is 3.92. The Balaban J connectivity index is 1.70. The van der Waals surface area contributed by atoms with Crippen molar-refractivity contribution in [2.75, 3.05) is 26.2 Å². The molecule has 4 heteroatoms. The second-order valence-corrected chi connectivity index (χ2v) is 6.14. The molecule has 0 atom stereocenters. The number of aryl methyl sites for hydroxylation is 1. The largest absolute Gasteiger partial charge is 0.314 e. The Hall–Kier alpha value is -1.23. The molecule has 1 aliphatic heterocycles. The summed E-state index contributed by atoms with van der Waals surface area (Å²) in [6.07, 6.45) is 2.03. The Labute approximate surface area is 118 Å². The summed E-state index contributed by atoms with van der Waals surface area (Å²) in [5.41, 5.74) is 2.52. The van der Waals surface area contributed by atoms with Gasteiger partial charge in [0, 0.05) is 49.4 Å². The minimum atomic E-state index is 1.03. The zero-order valence-corrected chi connectivity index (χ0v) is 12.0. The Bertz CT molecular complexity index is 527. The number of piperazine rings is 1. The highest BCUT2D eigenvalue weighted by atomic mass is 32.1. The zero-order chi connectivity index (χ0) is 13.1. The summed E-state index contributed by atoms with van der Waals surface area (Å²) in [5.74, 6) is 0. The van der Waals surface area contributed by atoms with Crippen molar-refractivity contribution in [1.29, 1.82) is 0 Å². The monoisotopic (exact) mass is 273 g/mol. The third kappa shape index (κ3) is 3.21. The van der Waals surface area contributed by atoms with Gasteiger partial charge in [-0.15, -0.1) is 11.3 Å². The Morgan fingerprint density at radius 3 is 2.68 bits per heavy atom. The maximum atomic E-state index is 4.56. The van der Waals surface area contributed by atoms with E-state index in [4.69, 9.17) is 0 Å². The number of thiazole rings is 1. The van der Waals surface area contributed by atoms with Gasteiger partial charge >= 0.3 is 0 Å². The fourth-order valence-electron chi connectivity index (χ4n) is 2.30. The van der Waals surface area contributed by atoms with Crippen LogP contribution in [-0.2, 0) is 6.54 Å². The van der Waals surface area contributed by atoms with E-state index in [0.717, 1.165) is 37.7 Å². The molecule has 0 aliphatic carbocycles. The van der Waals surface area contributed by atoms with Crippen molar-refractivity contribution >= 4 is 11.3 Å². The van der Waals surface area contributed by atoms with Gasteiger partial charge in [-0.2, -0.15) is 0 Å². The molecule has 0 unspecified atom stereocenters. The summed E-state index contributed by atoms with van der Waals surface area (Å²) >= 11 is 1.81. The van der Waals surface area contributed by atoms with Crippen LogP contribution in [-0.4, -0.2) is 36.1 Å². The predicted molar refractivity (Wildman–Crippen MR) is 80.4 cm³/mol. The third-order valence-corrected chi connectivity index (χ3v) is 4.47. The second kappa shape index (κ2) is 5.82. The van der Waals surface area contributed by atoms with E-state index in [-0.39, 0.29) is 0 Å². The summed E-state index contributed by atoms with van der Waals surface area (Å²) in [4.78, 5) is 8.41. The van der Waals surface area contributed by atoms with Gasteiger partial charge in [0.15, 0.2) is 0 Å². The van der Waals surface area contributed by atoms with Crippen LogP contribution in [0.1, 0.15) is 10.4 Å². The number of nitrogens with zero attached hydrogens (tertiary/aromatic N) is 2. The Morgan fingerprint density at radius 2 is 1.95 bits per heavy atom. The van der Waals surface area contributed by atoms with E-state index in [1.165, 1.54) is 16.0 Å². The first kappa shape index (κ1) is 12.8. The molecule has 0 radical (unpaired) electrons. The molecule has 3 rings (SSSR count). The Morgan fingerprint density at radius 1 is 1.21 bits per heavy atom. The van der Waals surface area contributed by atoms with E-state index in [2.05, 4.69) is 46.4 Å². The topological polar surface area (TPSA) is 28.2 Å². The van der Waals surface area contributed by atoms with Crippen LogP contribution in [0.15, 0.2) is 30.5 Å². The van der Waals surface area contributed by atoms with Crippen LogP contribution in [0.4, 0.5) is 0 Å². The van der Waals surface area contributed by atoms with Crippen molar-refractivity contribution < 1.29 is 0 Å². The summed E-state index contributed by atoms with van der Waals surface area (Å²) in [6, 6.07) is 8.60. The van der Waals surface area contributed by atoms with Crippen molar-refractivity contribution in [1.82, 2.24) is 15.2 Å². The van der Waals surface area contributed by atoms with Crippen molar-refractivity contribution in [3.63, 3.8) is 0 Å². The molecule has 0 amide bonds. The van der Waals surface area contributed by atoms with Crippen LogP contribution < -0.4 is 5.32 Å². The molecule has 19 heavy (non-hydrogen) atoms. The van der Waals surface area contributed by atoms with Gasteiger partial charge in [-0.1, -0.05) is 29.8 Å². The van der Waals surface area contributed by atoms with E-state index in [9.17, 15) is 0 Å². The van der Waals surface area contributed by atoms with Crippen LogP contribution in [0, 0.1) is 6.92 Å². The normalized spacial score (nSPS) is 16.7. The number of nitrogens with one attached hydrogen (secondary N) is 1. The maximum Gasteiger partial charge on any atom is 0.123 e. The lowest BCUT2D eigenvalue weighted by Crippen LogP contribution is -2.42. The van der Waals surface area contributed by atoms with Gasteiger partial charge < -0.3 is 5.32 Å². The third-order valence-electron chi connectivity index (χ3n) is 3.44. The van der Waals surface area contributed by atoms with E-state index in [1.54, 1.807) is 0 Å². The van der Waals surface area contributed by atoms with Crippen LogP contribution in [0.25, 0.3) is 10.6 Å². The lowest BCUT2D eigenvalue weighted by molar-refractivity contribution is 0.235. The lowest BCUT2D eigenvalue weighted by atomic mass is 10.2. The quantitative estimate of drug-likeness (QED) is 0.931. The maximum absolute atomic E-state index is 4.56. The van der Waals surface area contributed by atoms with Gasteiger partial charge in [-0.05, 0) is 6.92 Å². The SMILES string of the molecule is Cc1ccc(-c2ncc(CN3CCNCC3)s2)cc1. The van der Waals surface area contributed by atoms with Crippen LogP contribution in [0.3, 0.4) is 0 Å². The van der Waals surface area contributed by atoms with Crippen molar-refractivity contribution in [3.05, 3.63) is 40.9 Å². The first-order chi connectivity index (χ1) is 9.31. The molecule has 2 aromatic rings. The molecule has 0 spiro atoms. The number of hydrogen-bond donors (Lipinski definition) is 1. The standard InChI is InChI=1S/C15H19N3S/c1-12-2-4-13(5-3-12)15-17-10-14(19-15)11-18-8-6-16-7-9-18/h2-5,10,16H,6-9,11H2,1H3. The molecule has 1 aromatic heterocycles. The number of hydrogen-bond acceptors (Lipinski definition) is 4. The van der Waals surface area contributed by atoms with E-state index in [1.807, 2.05) is 17.5 Å². The van der Waals surface area contributed by atoms with Gasteiger partial charge in [-0.3, -0.25) is 4.90 Å². The molecule has 100 valence electrons. The highest BCUT2D eigenvalue weighted by Gasteiger charge is 2.12. The fourth-order valence-corrected chi connectivity index (χ4v) is 3.26. The summed E-state index contributed by atoms with van der Waals surface area (Å²) in [5, 5.41) is 4.51. The van der Waals surface area contributed by atoms with E-state index >= 15 is 0 Å². The van der Waals surface area contributed by atoms with E-state index < -0.39 is 0 Å². The molecular formula is C15H19N3S. The molecule has 1 N–H and O–H groups in total. The molecule has 1 aliphatic rings. The van der Waals surface area contributed by atoms with Crippen molar-refractivity contribution in [2.45, 2.75) is 13.5 Å². The predicted octanol–water partition coefficient (Wildman–Crippen LogP) is 2.52.